The smallest absolute Gasteiger partial charge is 0.221 e. The molecule has 0 unspecified atom stereocenters. The molecule has 0 radical (unpaired) electrons. The van der Waals surface area contributed by atoms with Crippen molar-refractivity contribution in [3.63, 3.8) is 0 Å². The molecule has 1 amide bonds. The van der Waals surface area contributed by atoms with Crippen LogP contribution in [0.1, 0.15) is 12.5 Å². The SMILES string of the molecule is CC(=O)Nc1ccccc1Oc1cc(F)cc(C#N)c1. The van der Waals surface area contributed by atoms with Gasteiger partial charge < -0.3 is 10.1 Å². The number of amides is 1. The fourth-order valence-electron chi connectivity index (χ4n) is 1.66. The number of anilines is 1. The van der Waals surface area contributed by atoms with Gasteiger partial charge >= 0.3 is 0 Å². The van der Waals surface area contributed by atoms with Gasteiger partial charge in [-0.1, -0.05) is 12.1 Å². The van der Waals surface area contributed by atoms with Gasteiger partial charge in [0.05, 0.1) is 17.3 Å². The van der Waals surface area contributed by atoms with Crippen molar-refractivity contribution in [2.75, 3.05) is 5.32 Å². The van der Waals surface area contributed by atoms with E-state index in [1.54, 1.807) is 24.3 Å². The maximum absolute atomic E-state index is 13.3. The Morgan fingerprint density at radius 2 is 2.05 bits per heavy atom. The van der Waals surface area contributed by atoms with Crippen LogP contribution in [0.4, 0.5) is 10.1 Å². The topological polar surface area (TPSA) is 62.1 Å². The Hall–Kier alpha value is -2.87. The summed E-state index contributed by atoms with van der Waals surface area (Å²) in [6.45, 7) is 1.38. The normalized spacial score (nSPS) is 9.65. The molecule has 20 heavy (non-hydrogen) atoms. The number of nitriles is 1. The van der Waals surface area contributed by atoms with Crippen LogP contribution in [0.2, 0.25) is 0 Å². The first-order valence-electron chi connectivity index (χ1n) is 5.83. The van der Waals surface area contributed by atoms with E-state index in [9.17, 15) is 9.18 Å². The highest BCUT2D eigenvalue weighted by Crippen LogP contribution is 2.30. The Labute approximate surface area is 115 Å². The highest BCUT2D eigenvalue weighted by molar-refractivity contribution is 5.90. The monoisotopic (exact) mass is 270 g/mol. The number of nitrogens with one attached hydrogen (secondary N) is 1. The van der Waals surface area contributed by atoms with Gasteiger partial charge in [-0.05, 0) is 24.3 Å². The molecule has 0 saturated heterocycles. The Kier molecular flexibility index (Phi) is 3.96. The van der Waals surface area contributed by atoms with Crippen LogP contribution in [0.25, 0.3) is 0 Å². The van der Waals surface area contributed by atoms with Crippen molar-refractivity contribution in [2.24, 2.45) is 0 Å². The predicted molar refractivity (Wildman–Crippen MR) is 71.9 cm³/mol. The molecular formula is C15H11FN2O2. The maximum atomic E-state index is 13.3. The largest absolute Gasteiger partial charge is 0.455 e. The average Bonchev–Trinajstić information content (AvgIpc) is 2.39. The summed E-state index contributed by atoms with van der Waals surface area (Å²) < 4.78 is 18.9. The zero-order valence-corrected chi connectivity index (χ0v) is 10.7. The second-order valence-corrected chi connectivity index (χ2v) is 4.07. The molecule has 2 aromatic carbocycles. The van der Waals surface area contributed by atoms with Gasteiger partial charge in [0.15, 0.2) is 5.75 Å². The lowest BCUT2D eigenvalue weighted by molar-refractivity contribution is -0.114. The van der Waals surface area contributed by atoms with Crippen molar-refractivity contribution in [3.05, 3.63) is 53.8 Å². The van der Waals surface area contributed by atoms with E-state index in [1.807, 2.05) is 6.07 Å². The number of hydrogen-bond acceptors (Lipinski definition) is 3. The summed E-state index contributed by atoms with van der Waals surface area (Å²) in [5.74, 6) is -0.231. The lowest BCUT2D eigenvalue weighted by Gasteiger charge is -2.11. The molecule has 2 aromatic rings. The number of para-hydroxylation sites is 2. The van der Waals surface area contributed by atoms with Gasteiger partial charge in [0.1, 0.15) is 11.6 Å². The molecule has 5 heteroatoms. The number of nitrogens with zero attached hydrogens (tertiary/aromatic N) is 1. The number of carbonyl (C=O) groups excluding carboxylic acids is 1. The minimum atomic E-state index is -0.559. The predicted octanol–water partition coefficient (Wildman–Crippen LogP) is 3.45. The van der Waals surface area contributed by atoms with Crippen molar-refractivity contribution in [3.8, 4) is 17.6 Å². The van der Waals surface area contributed by atoms with E-state index >= 15 is 0 Å². The summed E-state index contributed by atoms with van der Waals surface area (Å²) in [5.41, 5.74) is 0.639. The van der Waals surface area contributed by atoms with Gasteiger partial charge in [0, 0.05) is 13.0 Å². The summed E-state index contributed by atoms with van der Waals surface area (Å²) in [4.78, 5) is 11.1. The van der Waals surface area contributed by atoms with E-state index in [-0.39, 0.29) is 17.2 Å². The molecule has 0 aliphatic heterocycles. The van der Waals surface area contributed by atoms with Gasteiger partial charge in [0.2, 0.25) is 5.91 Å². The quantitative estimate of drug-likeness (QED) is 0.929. The molecule has 0 aromatic heterocycles. The standard InChI is InChI=1S/C15H11FN2O2/c1-10(19)18-14-4-2-3-5-15(14)20-13-7-11(9-17)6-12(16)8-13/h2-8H,1H3,(H,18,19). The fourth-order valence-corrected chi connectivity index (χ4v) is 1.66. The minimum absolute atomic E-state index is 0.164. The third-order valence-electron chi connectivity index (χ3n) is 2.43. The summed E-state index contributed by atoms with van der Waals surface area (Å²) in [5, 5.41) is 11.4. The van der Waals surface area contributed by atoms with Crippen LogP contribution in [-0.4, -0.2) is 5.91 Å². The molecule has 0 aliphatic rings. The molecule has 2 rings (SSSR count). The van der Waals surface area contributed by atoms with E-state index in [2.05, 4.69) is 5.32 Å². The number of benzene rings is 2. The number of carbonyl (C=O) groups is 1. The maximum Gasteiger partial charge on any atom is 0.221 e. The Bertz CT molecular complexity index is 693. The second kappa shape index (κ2) is 5.85. The summed E-state index contributed by atoms with van der Waals surface area (Å²) in [7, 11) is 0. The highest BCUT2D eigenvalue weighted by Gasteiger charge is 2.07. The van der Waals surface area contributed by atoms with Crippen LogP contribution in [0.3, 0.4) is 0 Å². The molecule has 0 saturated carbocycles. The van der Waals surface area contributed by atoms with E-state index in [4.69, 9.17) is 10.00 Å². The summed E-state index contributed by atoms with van der Waals surface area (Å²) in [6, 6.07) is 12.3. The third kappa shape index (κ3) is 3.33. The number of hydrogen-bond donors (Lipinski definition) is 1. The first kappa shape index (κ1) is 13.6. The molecule has 1 N–H and O–H groups in total. The van der Waals surface area contributed by atoms with E-state index in [0.29, 0.717) is 11.4 Å². The van der Waals surface area contributed by atoms with Crippen molar-refractivity contribution >= 4 is 11.6 Å². The van der Waals surface area contributed by atoms with Crippen LogP contribution in [0, 0.1) is 17.1 Å². The number of rotatable bonds is 3. The van der Waals surface area contributed by atoms with Crippen molar-refractivity contribution < 1.29 is 13.9 Å². The Morgan fingerprint density at radius 1 is 1.30 bits per heavy atom. The summed E-state index contributed by atoms with van der Waals surface area (Å²) in [6.07, 6.45) is 0. The highest BCUT2D eigenvalue weighted by atomic mass is 19.1. The van der Waals surface area contributed by atoms with E-state index < -0.39 is 5.82 Å². The average molecular weight is 270 g/mol. The van der Waals surface area contributed by atoms with Gasteiger partial charge in [-0.15, -0.1) is 0 Å². The van der Waals surface area contributed by atoms with Crippen LogP contribution in [0.15, 0.2) is 42.5 Å². The van der Waals surface area contributed by atoms with Crippen LogP contribution in [-0.2, 0) is 4.79 Å². The molecule has 0 fully saturated rings. The molecule has 0 aliphatic carbocycles. The zero-order valence-electron chi connectivity index (χ0n) is 10.7. The Balaban J connectivity index is 2.33. The first-order valence-corrected chi connectivity index (χ1v) is 5.83. The molecule has 100 valence electrons. The lowest BCUT2D eigenvalue weighted by atomic mass is 10.2. The zero-order chi connectivity index (χ0) is 14.5. The van der Waals surface area contributed by atoms with Gasteiger partial charge in [-0.25, -0.2) is 4.39 Å². The molecule has 4 nitrogen and oxygen atoms in total. The summed E-state index contributed by atoms with van der Waals surface area (Å²) >= 11 is 0. The van der Waals surface area contributed by atoms with Crippen molar-refractivity contribution in [1.29, 1.82) is 5.26 Å². The molecule has 0 spiro atoms. The van der Waals surface area contributed by atoms with Gasteiger partial charge in [-0.2, -0.15) is 5.26 Å². The number of halogens is 1. The first-order chi connectivity index (χ1) is 9.58. The Morgan fingerprint density at radius 3 is 2.75 bits per heavy atom. The van der Waals surface area contributed by atoms with E-state index in [0.717, 1.165) is 6.07 Å². The van der Waals surface area contributed by atoms with Crippen LogP contribution in [0.5, 0.6) is 11.5 Å². The second-order valence-electron chi connectivity index (χ2n) is 4.07. The van der Waals surface area contributed by atoms with Crippen LogP contribution >= 0.6 is 0 Å². The van der Waals surface area contributed by atoms with E-state index in [1.165, 1.54) is 19.1 Å². The minimum Gasteiger partial charge on any atom is -0.455 e. The van der Waals surface area contributed by atoms with Crippen molar-refractivity contribution in [2.45, 2.75) is 6.92 Å². The van der Waals surface area contributed by atoms with Gasteiger partial charge in [0.25, 0.3) is 0 Å². The number of ether oxygens (including phenoxy) is 1. The fraction of sp³-hybridized carbons (Fsp3) is 0.0667. The molecule has 0 heterocycles. The van der Waals surface area contributed by atoms with Gasteiger partial charge in [-0.3, -0.25) is 4.79 Å². The van der Waals surface area contributed by atoms with Crippen molar-refractivity contribution in [1.82, 2.24) is 0 Å². The molecular weight excluding hydrogens is 259 g/mol. The lowest BCUT2D eigenvalue weighted by Crippen LogP contribution is -2.06. The van der Waals surface area contributed by atoms with Crippen LogP contribution < -0.4 is 10.1 Å². The molecule has 0 atom stereocenters. The molecule has 0 bridgehead atoms. The third-order valence-corrected chi connectivity index (χ3v) is 2.43.